The third-order valence-electron chi connectivity index (χ3n) is 4.79. The topological polar surface area (TPSA) is 66.8 Å². The second-order valence-electron chi connectivity index (χ2n) is 6.23. The van der Waals surface area contributed by atoms with Gasteiger partial charge in [0.25, 0.3) is 11.8 Å². The number of halogens is 2. The number of aliphatic hydroxyl groups is 1. The number of aliphatic hydroxyl groups excluding tert-OH is 1. The number of nitrogens with zero attached hydrogens (tertiary/aromatic N) is 1. The summed E-state index contributed by atoms with van der Waals surface area (Å²) in [5, 5.41) is 9.38. The van der Waals surface area contributed by atoms with Crippen LogP contribution in [0.5, 0.6) is 5.75 Å². The van der Waals surface area contributed by atoms with Gasteiger partial charge in [-0.3, -0.25) is 9.59 Å². The summed E-state index contributed by atoms with van der Waals surface area (Å²) in [5.74, 6) is -1.41. The van der Waals surface area contributed by atoms with Gasteiger partial charge in [0.2, 0.25) is 0 Å². The van der Waals surface area contributed by atoms with Crippen molar-refractivity contribution in [2.24, 2.45) is 0 Å². The number of benzene rings is 1. The molecule has 1 atom stereocenters. The number of imide groups is 1. The summed E-state index contributed by atoms with van der Waals surface area (Å²) in [7, 11) is 0. The van der Waals surface area contributed by atoms with Crippen LogP contribution in [0, 0.1) is 5.82 Å². The molecule has 1 aromatic carbocycles. The van der Waals surface area contributed by atoms with Crippen LogP contribution in [0.2, 0.25) is 5.02 Å². The van der Waals surface area contributed by atoms with Gasteiger partial charge < -0.3 is 9.84 Å². The van der Waals surface area contributed by atoms with Gasteiger partial charge >= 0.3 is 0 Å². The number of ether oxygens (including phenoxy) is 1. The lowest BCUT2D eigenvalue weighted by Gasteiger charge is -2.19. The molecule has 7 heteroatoms. The molecule has 0 saturated heterocycles. The minimum Gasteiger partial charge on any atom is -0.486 e. The molecule has 0 bridgehead atoms. The number of hydrogen-bond acceptors (Lipinski definition) is 4. The second-order valence-corrected chi connectivity index (χ2v) is 6.64. The van der Waals surface area contributed by atoms with Crippen LogP contribution in [0.25, 0.3) is 0 Å². The average molecular weight is 352 g/mol. The predicted octanol–water partition coefficient (Wildman–Crippen LogP) is 2.52. The Morgan fingerprint density at radius 2 is 1.88 bits per heavy atom. The standard InChI is InChI=1S/C17H15ClFNO4/c18-12-6-13(19)14(11-5-8(7-21)24-15(11)12)20-16(22)9-3-1-2-4-10(9)17(20)23/h6,8,21H,1-5,7H2. The molecule has 2 heterocycles. The number of amides is 2. The lowest BCUT2D eigenvalue weighted by atomic mass is 9.93. The SMILES string of the molecule is O=C1C2=C(CCCC2)C(=O)N1c1c(F)cc(Cl)c2c1CC(CO)O2. The molecule has 0 radical (unpaired) electrons. The van der Waals surface area contributed by atoms with Crippen molar-refractivity contribution in [3.63, 3.8) is 0 Å². The summed E-state index contributed by atoms with van der Waals surface area (Å²) in [5.41, 5.74) is 1.26. The largest absolute Gasteiger partial charge is 0.486 e. The second kappa shape index (κ2) is 5.57. The zero-order chi connectivity index (χ0) is 17.0. The summed E-state index contributed by atoms with van der Waals surface area (Å²) >= 11 is 6.03. The summed E-state index contributed by atoms with van der Waals surface area (Å²) in [6.45, 7) is -0.261. The van der Waals surface area contributed by atoms with E-state index in [4.69, 9.17) is 16.3 Å². The van der Waals surface area contributed by atoms with Gasteiger partial charge in [-0.25, -0.2) is 9.29 Å². The van der Waals surface area contributed by atoms with E-state index in [0.717, 1.165) is 23.8 Å². The van der Waals surface area contributed by atoms with Crippen molar-refractivity contribution in [3.05, 3.63) is 33.6 Å². The van der Waals surface area contributed by atoms with Crippen LogP contribution in [0.3, 0.4) is 0 Å². The van der Waals surface area contributed by atoms with Crippen molar-refractivity contribution >= 4 is 29.1 Å². The van der Waals surface area contributed by atoms with Crippen molar-refractivity contribution in [2.75, 3.05) is 11.5 Å². The zero-order valence-electron chi connectivity index (χ0n) is 12.8. The maximum absolute atomic E-state index is 14.6. The van der Waals surface area contributed by atoms with Crippen molar-refractivity contribution in [1.82, 2.24) is 0 Å². The van der Waals surface area contributed by atoms with E-state index in [2.05, 4.69) is 0 Å². The molecule has 0 saturated carbocycles. The fraction of sp³-hybridized carbons (Fsp3) is 0.412. The number of carbonyl (C=O) groups is 2. The van der Waals surface area contributed by atoms with Crippen molar-refractivity contribution in [1.29, 1.82) is 0 Å². The molecule has 1 N–H and O–H groups in total. The normalized spacial score (nSPS) is 22.8. The molecular formula is C17H15ClFNO4. The van der Waals surface area contributed by atoms with Crippen molar-refractivity contribution in [2.45, 2.75) is 38.2 Å². The third-order valence-corrected chi connectivity index (χ3v) is 5.07. The van der Waals surface area contributed by atoms with Crippen molar-refractivity contribution < 1.29 is 23.8 Å². The Morgan fingerprint density at radius 3 is 2.46 bits per heavy atom. The number of fused-ring (bicyclic) bond motifs is 1. The molecule has 2 amide bonds. The Bertz CT molecular complexity index is 776. The van der Waals surface area contributed by atoms with Crippen LogP contribution in [-0.2, 0) is 16.0 Å². The fourth-order valence-corrected chi connectivity index (χ4v) is 3.93. The average Bonchev–Trinajstić information content (AvgIpc) is 3.11. The molecule has 2 aliphatic heterocycles. The van der Waals surface area contributed by atoms with E-state index in [0.29, 0.717) is 29.6 Å². The minimum absolute atomic E-state index is 0.0685. The van der Waals surface area contributed by atoms with Gasteiger partial charge in [-0.15, -0.1) is 0 Å². The van der Waals surface area contributed by atoms with E-state index in [1.807, 2.05) is 0 Å². The van der Waals surface area contributed by atoms with Crippen LogP contribution >= 0.6 is 11.6 Å². The number of hydrogen-bond donors (Lipinski definition) is 1. The van der Waals surface area contributed by atoms with E-state index in [1.54, 1.807) is 0 Å². The van der Waals surface area contributed by atoms with E-state index in [9.17, 15) is 19.1 Å². The zero-order valence-corrected chi connectivity index (χ0v) is 13.5. The quantitative estimate of drug-likeness (QED) is 0.831. The molecule has 1 aromatic rings. The summed E-state index contributed by atoms with van der Waals surface area (Å²) < 4.78 is 20.2. The summed E-state index contributed by atoms with van der Waals surface area (Å²) in [6.07, 6.45) is 2.42. The molecule has 1 unspecified atom stereocenters. The highest BCUT2D eigenvalue weighted by atomic mass is 35.5. The highest BCUT2D eigenvalue weighted by molar-refractivity contribution is 6.35. The van der Waals surface area contributed by atoms with Gasteiger partial charge in [-0.1, -0.05) is 11.6 Å². The van der Waals surface area contributed by atoms with E-state index in [1.165, 1.54) is 0 Å². The van der Waals surface area contributed by atoms with Crippen LogP contribution in [0.15, 0.2) is 17.2 Å². The number of anilines is 1. The first kappa shape index (κ1) is 15.6. The fourth-order valence-electron chi connectivity index (χ4n) is 3.68. The van der Waals surface area contributed by atoms with Crippen LogP contribution < -0.4 is 9.64 Å². The maximum atomic E-state index is 14.6. The van der Waals surface area contributed by atoms with Crippen LogP contribution in [0.1, 0.15) is 31.2 Å². The Morgan fingerprint density at radius 1 is 1.25 bits per heavy atom. The molecular weight excluding hydrogens is 337 g/mol. The molecule has 0 spiro atoms. The molecule has 5 nitrogen and oxygen atoms in total. The summed E-state index contributed by atoms with van der Waals surface area (Å²) in [6, 6.07) is 1.05. The third kappa shape index (κ3) is 2.09. The molecule has 126 valence electrons. The van der Waals surface area contributed by atoms with Gasteiger partial charge in [0, 0.05) is 23.1 Å². The van der Waals surface area contributed by atoms with E-state index >= 15 is 0 Å². The molecule has 0 aromatic heterocycles. The first-order chi connectivity index (χ1) is 11.5. The minimum atomic E-state index is -0.734. The Labute approximate surface area is 142 Å². The van der Waals surface area contributed by atoms with Gasteiger partial charge in [0.15, 0.2) is 0 Å². The smallest absolute Gasteiger partial charge is 0.261 e. The van der Waals surface area contributed by atoms with Gasteiger partial charge in [-0.2, -0.15) is 0 Å². The van der Waals surface area contributed by atoms with Crippen LogP contribution in [0.4, 0.5) is 10.1 Å². The molecule has 4 rings (SSSR count). The predicted molar refractivity (Wildman–Crippen MR) is 84.6 cm³/mol. The van der Waals surface area contributed by atoms with E-state index < -0.39 is 23.7 Å². The van der Waals surface area contributed by atoms with Crippen molar-refractivity contribution in [3.8, 4) is 5.75 Å². The lowest BCUT2D eigenvalue weighted by molar-refractivity contribution is -0.120. The summed E-state index contributed by atoms with van der Waals surface area (Å²) in [4.78, 5) is 26.3. The number of rotatable bonds is 2. The van der Waals surface area contributed by atoms with Gasteiger partial charge in [0.1, 0.15) is 17.7 Å². The highest BCUT2D eigenvalue weighted by Gasteiger charge is 2.43. The Balaban J connectivity index is 1.83. The molecule has 3 aliphatic rings. The maximum Gasteiger partial charge on any atom is 0.261 e. The number of carbonyl (C=O) groups excluding carboxylic acids is 2. The van der Waals surface area contributed by atoms with Gasteiger partial charge in [0.05, 0.1) is 17.3 Å². The molecule has 1 aliphatic carbocycles. The molecule has 24 heavy (non-hydrogen) atoms. The monoisotopic (exact) mass is 351 g/mol. The first-order valence-corrected chi connectivity index (χ1v) is 8.30. The van der Waals surface area contributed by atoms with E-state index in [-0.39, 0.29) is 29.5 Å². The highest BCUT2D eigenvalue weighted by Crippen LogP contribution is 2.46. The van der Waals surface area contributed by atoms with Crippen LogP contribution in [-0.4, -0.2) is 29.6 Å². The lowest BCUT2D eigenvalue weighted by Crippen LogP contribution is -2.33. The Hall–Kier alpha value is -1.92. The Kier molecular flexibility index (Phi) is 3.62. The first-order valence-electron chi connectivity index (χ1n) is 7.92. The molecule has 0 fully saturated rings. The van der Waals surface area contributed by atoms with Gasteiger partial charge in [-0.05, 0) is 31.7 Å².